The number of piperidine rings is 1. The summed E-state index contributed by atoms with van der Waals surface area (Å²) in [5, 5.41) is 16.2. The highest BCUT2D eigenvalue weighted by molar-refractivity contribution is 7.20. The minimum atomic E-state index is -0.973. The smallest absolute Gasteiger partial charge is 0.407 e. The van der Waals surface area contributed by atoms with Gasteiger partial charge in [-0.1, -0.05) is 42.5 Å². The van der Waals surface area contributed by atoms with Crippen LogP contribution in [0.2, 0.25) is 0 Å². The Morgan fingerprint density at radius 1 is 1.11 bits per heavy atom. The van der Waals surface area contributed by atoms with Gasteiger partial charge in [-0.2, -0.15) is 0 Å². The summed E-state index contributed by atoms with van der Waals surface area (Å²) >= 11 is 1.34. The van der Waals surface area contributed by atoms with E-state index in [0.29, 0.717) is 43.9 Å². The van der Waals surface area contributed by atoms with Crippen molar-refractivity contribution < 1.29 is 19.5 Å². The highest BCUT2D eigenvalue weighted by Crippen LogP contribution is 2.24. The van der Waals surface area contributed by atoms with Crippen LogP contribution in [0.1, 0.15) is 47.5 Å². The molecule has 4 rings (SSSR count). The maximum atomic E-state index is 13.4. The van der Waals surface area contributed by atoms with Crippen molar-refractivity contribution in [1.82, 2.24) is 20.5 Å². The molecule has 0 bridgehead atoms. The lowest BCUT2D eigenvalue weighted by molar-refractivity contribution is -0.126. The van der Waals surface area contributed by atoms with Crippen molar-refractivity contribution in [1.29, 1.82) is 0 Å². The third-order valence-corrected chi connectivity index (χ3v) is 7.51. The molecule has 0 saturated carbocycles. The molecule has 8 nitrogen and oxygen atoms in total. The molecule has 1 aliphatic rings. The van der Waals surface area contributed by atoms with Gasteiger partial charge in [0.25, 0.3) is 0 Å². The van der Waals surface area contributed by atoms with Gasteiger partial charge >= 0.3 is 6.09 Å². The van der Waals surface area contributed by atoms with E-state index in [4.69, 9.17) is 0 Å². The van der Waals surface area contributed by atoms with Crippen molar-refractivity contribution in [2.45, 2.75) is 44.7 Å². The lowest BCUT2D eigenvalue weighted by Gasteiger charge is -2.25. The number of hydrogen-bond donors (Lipinski definition) is 3. The Morgan fingerprint density at radius 3 is 2.61 bits per heavy atom. The molecule has 1 fully saturated rings. The second-order valence-electron chi connectivity index (χ2n) is 9.14. The molecule has 2 heterocycles. The van der Waals surface area contributed by atoms with Crippen LogP contribution in [-0.2, 0) is 11.3 Å². The Bertz CT molecular complexity index is 1140. The van der Waals surface area contributed by atoms with Crippen molar-refractivity contribution >= 4 is 39.3 Å². The van der Waals surface area contributed by atoms with Gasteiger partial charge in [0.2, 0.25) is 11.7 Å². The van der Waals surface area contributed by atoms with Crippen LogP contribution in [0.3, 0.4) is 0 Å². The first-order valence-corrected chi connectivity index (χ1v) is 13.3. The van der Waals surface area contributed by atoms with Gasteiger partial charge in [-0.05, 0) is 56.3 Å². The number of carbonyl (C=O) groups excluding carboxylic acids is 2. The Morgan fingerprint density at radius 2 is 1.89 bits per heavy atom. The lowest BCUT2D eigenvalue weighted by atomic mass is 9.97. The van der Waals surface area contributed by atoms with Crippen molar-refractivity contribution in [3.05, 3.63) is 65.2 Å². The summed E-state index contributed by atoms with van der Waals surface area (Å²) in [6.07, 6.45) is 2.38. The maximum absolute atomic E-state index is 13.4. The highest BCUT2D eigenvalue weighted by Gasteiger charge is 2.28. The molecule has 0 radical (unpaired) electrons. The number of carboxylic acid groups (broad SMARTS) is 1. The SMILES string of the molecule is O=C(N[C@@H](CCCCN(Cc1ccccc1)C(=O)O)C(=O)c1nc2ccccc2s1)[C@@H]1CCCNC1. The Hall–Kier alpha value is -3.30. The normalized spacial score (nSPS) is 16.4. The molecular weight excluding hydrogens is 476 g/mol. The van der Waals surface area contributed by atoms with Crippen molar-refractivity contribution in [2.24, 2.45) is 5.92 Å². The fraction of sp³-hybridized carbons (Fsp3) is 0.407. The molecule has 2 amide bonds. The number of aromatic nitrogens is 1. The highest BCUT2D eigenvalue weighted by atomic mass is 32.1. The van der Waals surface area contributed by atoms with Crippen LogP contribution in [0, 0.1) is 5.92 Å². The average molecular weight is 509 g/mol. The molecule has 9 heteroatoms. The van der Waals surface area contributed by atoms with Gasteiger partial charge in [-0.3, -0.25) is 9.59 Å². The van der Waals surface area contributed by atoms with Gasteiger partial charge in [0.05, 0.1) is 22.2 Å². The van der Waals surface area contributed by atoms with Gasteiger partial charge in [0.15, 0.2) is 5.01 Å². The monoisotopic (exact) mass is 508 g/mol. The molecule has 1 aromatic heterocycles. The van der Waals surface area contributed by atoms with Crippen LogP contribution in [0.4, 0.5) is 4.79 Å². The summed E-state index contributed by atoms with van der Waals surface area (Å²) < 4.78 is 0.931. The van der Waals surface area contributed by atoms with Gasteiger partial charge < -0.3 is 20.6 Å². The lowest BCUT2D eigenvalue weighted by Crippen LogP contribution is -2.47. The zero-order valence-electron chi connectivity index (χ0n) is 20.2. The van der Waals surface area contributed by atoms with E-state index < -0.39 is 12.1 Å². The molecule has 2 aromatic carbocycles. The van der Waals surface area contributed by atoms with E-state index >= 15 is 0 Å². The second kappa shape index (κ2) is 12.6. The van der Waals surface area contributed by atoms with E-state index in [1.54, 1.807) is 0 Å². The van der Waals surface area contributed by atoms with E-state index in [9.17, 15) is 19.5 Å². The summed E-state index contributed by atoms with van der Waals surface area (Å²) in [7, 11) is 0. The molecule has 2 atom stereocenters. The number of unbranched alkanes of at least 4 members (excludes halogenated alkanes) is 1. The van der Waals surface area contributed by atoms with Gasteiger partial charge in [-0.15, -0.1) is 11.3 Å². The summed E-state index contributed by atoms with van der Waals surface area (Å²) in [6.45, 7) is 2.18. The van der Waals surface area contributed by atoms with Crippen LogP contribution < -0.4 is 10.6 Å². The van der Waals surface area contributed by atoms with Crippen molar-refractivity contribution in [2.75, 3.05) is 19.6 Å². The number of para-hydroxylation sites is 1. The molecule has 0 aliphatic carbocycles. The summed E-state index contributed by atoms with van der Waals surface area (Å²) in [5.74, 6) is -0.455. The van der Waals surface area contributed by atoms with Crippen molar-refractivity contribution in [3.8, 4) is 0 Å². The zero-order valence-corrected chi connectivity index (χ0v) is 21.0. The van der Waals surface area contributed by atoms with E-state index in [1.807, 2.05) is 54.6 Å². The first-order valence-electron chi connectivity index (χ1n) is 12.4. The second-order valence-corrected chi connectivity index (χ2v) is 10.2. The number of ketones is 1. The van der Waals surface area contributed by atoms with E-state index in [0.717, 1.165) is 35.2 Å². The number of thiazole rings is 1. The number of Topliss-reactive ketones (excluding diaryl/α,β-unsaturated/α-hetero) is 1. The van der Waals surface area contributed by atoms with Gasteiger partial charge in [-0.25, -0.2) is 9.78 Å². The summed E-state index contributed by atoms with van der Waals surface area (Å²) in [4.78, 5) is 44.0. The van der Waals surface area contributed by atoms with Crippen LogP contribution >= 0.6 is 11.3 Å². The summed E-state index contributed by atoms with van der Waals surface area (Å²) in [5.41, 5.74) is 1.70. The molecule has 3 aromatic rings. The largest absolute Gasteiger partial charge is 0.465 e. The molecule has 0 unspecified atom stereocenters. The number of amides is 2. The number of rotatable bonds is 11. The predicted molar refractivity (Wildman–Crippen MR) is 140 cm³/mol. The zero-order chi connectivity index (χ0) is 25.3. The van der Waals surface area contributed by atoms with Crippen LogP contribution in [-0.4, -0.2) is 58.5 Å². The number of carbonyl (C=O) groups is 3. The Balaban J connectivity index is 1.39. The molecule has 3 N–H and O–H groups in total. The fourth-order valence-corrected chi connectivity index (χ4v) is 5.42. The molecular formula is C27H32N4O4S. The van der Waals surface area contributed by atoms with Crippen LogP contribution in [0.5, 0.6) is 0 Å². The molecule has 36 heavy (non-hydrogen) atoms. The Labute approximate surface area is 214 Å². The third-order valence-electron chi connectivity index (χ3n) is 6.46. The van der Waals surface area contributed by atoms with E-state index in [2.05, 4.69) is 15.6 Å². The van der Waals surface area contributed by atoms with Gasteiger partial charge in [0.1, 0.15) is 0 Å². The topological polar surface area (TPSA) is 112 Å². The summed E-state index contributed by atoms with van der Waals surface area (Å²) in [6, 6.07) is 16.4. The number of nitrogens with one attached hydrogen (secondary N) is 2. The standard InChI is InChI=1S/C27H32N4O4S/c32-24(26-30-21-12-4-5-14-23(21)36-26)22(29-25(33)20-11-8-15-28-17-20)13-6-7-16-31(27(34)35)18-19-9-2-1-3-10-19/h1-5,9-10,12,14,20,22,28H,6-8,11,13,15-18H2,(H,29,33)(H,34,35)/t20-,22+/m1/s1. The minimum Gasteiger partial charge on any atom is -0.465 e. The molecule has 190 valence electrons. The Kier molecular flexibility index (Phi) is 9.02. The number of nitrogens with zero attached hydrogens (tertiary/aromatic N) is 2. The maximum Gasteiger partial charge on any atom is 0.407 e. The van der Waals surface area contributed by atoms with Gasteiger partial charge in [0, 0.05) is 19.6 Å². The van der Waals surface area contributed by atoms with E-state index in [1.165, 1.54) is 16.2 Å². The van der Waals surface area contributed by atoms with Crippen molar-refractivity contribution in [3.63, 3.8) is 0 Å². The first-order chi connectivity index (χ1) is 17.5. The number of benzene rings is 2. The predicted octanol–water partition coefficient (Wildman–Crippen LogP) is 4.31. The molecule has 0 spiro atoms. The first kappa shape index (κ1) is 25.8. The minimum absolute atomic E-state index is 0.113. The molecule has 1 saturated heterocycles. The average Bonchev–Trinajstić information content (AvgIpc) is 3.34. The molecule has 1 aliphatic heterocycles. The number of fused-ring (bicyclic) bond motifs is 1. The third kappa shape index (κ3) is 6.89. The van der Waals surface area contributed by atoms with E-state index in [-0.39, 0.29) is 17.6 Å². The van der Waals surface area contributed by atoms with Crippen LogP contribution in [0.15, 0.2) is 54.6 Å². The van der Waals surface area contributed by atoms with Crippen LogP contribution in [0.25, 0.3) is 10.2 Å². The fourth-order valence-electron chi connectivity index (χ4n) is 4.46. The quantitative estimate of drug-likeness (QED) is 0.263. The number of hydrogen-bond acceptors (Lipinski definition) is 6.